The molecular weight excluding hydrogens is 334 g/mol. The van der Waals surface area contributed by atoms with Gasteiger partial charge in [0.1, 0.15) is 0 Å². The van der Waals surface area contributed by atoms with Crippen LogP contribution in [0.25, 0.3) is 0 Å². The van der Waals surface area contributed by atoms with Crippen molar-refractivity contribution in [2.45, 2.75) is 26.2 Å². The van der Waals surface area contributed by atoms with Crippen LogP contribution in [0.3, 0.4) is 0 Å². The molecule has 1 N–H and O–H groups in total. The first-order chi connectivity index (χ1) is 9.58. The van der Waals surface area contributed by atoms with Crippen molar-refractivity contribution in [3.05, 3.63) is 63.1 Å². The molecule has 0 aliphatic carbocycles. The van der Waals surface area contributed by atoms with E-state index >= 15 is 0 Å². The molecule has 0 bridgehead atoms. The Labute approximate surface area is 134 Å². The molecule has 0 aliphatic heterocycles. The van der Waals surface area contributed by atoms with Crippen LogP contribution in [0.2, 0.25) is 5.02 Å². The molecule has 2 aromatic rings. The lowest BCUT2D eigenvalue weighted by molar-refractivity contribution is 0.706. The average Bonchev–Trinajstić information content (AvgIpc) is 2.45. The van der Waals surface area contributed by atoms with Gasteiger partial charge in [0.25, 0.3) is 0 Å². The van der Waals surface area contributed by atoms with Crippen molar-refractivity contribution in [3.8, 4) is 0 Å². The van der Waals surface area contributed by atoms with Gasteiger partial charge < -0.3 is 5.32 Å². The summed E-state index contributed by atoms with van der Waals surface area (Å²) in [5.74, 6) is 0.545. The van der Waals surface area contributed by atoms with Gasteiger partial charge in [0.15, 0.2) is 0 Å². The zero-order chi connectivity index (χ0) is 14.5. The zero-order valence-corrected chi connectivity index (χ0v) is 14.1. The quantitative estimate of drug-likeness (QED) is 0.694. The lowest BCUT2D eigenvalue weighted by Crippen LogP contribution is -2.06. The van der Waals surface area contributed by atoms with E-state index in [0.717, 1.165) is 33.7 Å². The van der Waals surface area contributed by atoms with Crippen molar-refractivity contribution in [1.82, 2.24) is 0 Å². The predicted octanol–water partition coefficient (Wildman–Crippen LogP) is 6.02. The SMILES string of the molecule is Cc1cc(Br)c(NCCC(C)c2ccccc2)cc1Cl. The number of hydrogen-bond donors (Lipinski definition) is 1. The predicted molar refractivity (Wildman–Crippen MR) is 91.9 cm³/mol. The number of nitrogens with one attached hydrogen (secondary N) is 1. The van der Waals surface area contributed by atoms with Gasteiger partial charge in [-0.25, -0.2) is 0 Å². The van der Waals surface area contributed by atoms with Crippen LogP contribution in [-0.2, 0) is 0 Å². The normalized spacial score (nSPS) is 12.2. The topological polar surface area (TPSA) is 12.0 Å². The number of halogens is 2. The minimum Gasteiger partial charge on any atom is -0.384 e. The second kappa shape index (κ2) is 7.14. The number of anilines is 1. The highest BCUT2D eigenvalue weighted by Crippen LogP contribution is 2.29. The Hall–Kier alpha value is -0.990. The Morgan fingerprint density at radius 2 is 1.90 bits per heavy atom. The molecule has 0 spiro atoms. The average molecular weight is 353 g/mol. The summed E-state index contributed by atoms with van der Waals surface area (Å²) < 4.78 is 1.06. The molecule has 0 amide bonds. The van der Waals surface area contributed by atoms with Gasteiger partial charge in [0.2, 0.25) is 0 Å². The molecule has 3 heteroatoms. The van der Waals surface area contributed by atoms with Crippen molar-refractivity contribution in [2.75, 3.05) is 11.9 Å². The molecule has 1 nitrogen and oxygen atoms in total. The van der Waals surface area contributed by atoms with E-state index in [1.165, 1.54) is 5.56 Å². The van der Waals surface area contributed by atoms with Crippen LogP contribution in [-0.4, -0.2) is 6.54 Å². The van der Waals surface area contributed by atoms with E-state index in [0.29, 0.717) is 5.92 Å². The molecule has 0 aromatic heterocycles. The maximum Gasteiger partial charge on any atom is 0.0499 e. The lowest BCUT2D eigenvalue weighted by atomic mass is 9.98. The molecule has 0 radical (unpaired) electrons. The van der Waals surface area contributed by atoms with E-state index in [1.807, 2.05) is 19.1 Å². The first-order valence-corrected chi connectivity index (χ1v) is 7.99. The fourth-order valence-electron chi connectivity index (χ4n) is 2.15. The third-order valence-electron chi connectivity index (χ3n) is 3.51. The maximum atomic E-state index is 6.16. The second-order valence-electron chi connectivity index (χ2n) is 5.11. The first-order valence-electron chi connectivity index (χ1n) is 6.82. The van der Waals surface area contributed by atoms with Crippen LogP contribution in [0.15, 0.2) is 46.9 Å². The molecule has 20 heavy (non-hydrogen) atoms. The van der Waals surface area contributed by atoms with Gasteiger partial charge in [0, 0.05) is 21.7 Å². The highest BCUT2D eigenvalue weighted by Gasteiger charge is 2.07. The van der Waals surface area contributed by atoms with Gasteiger partial charge in [-0.1, -0.05) is 48.9 Å². The van der Waals surface area contributed by atoms with Crippen molar-refractivity contribution >= 4 is 33.2 Å². The van der Waals surface area contributed by atoms with Gasteiger partial charge in [-0.15, -0.1) is 0 Å². The summed E-state index contributed by atoms with van der Waals surface area (Å²) in [6.45, 7) is 5.19. The molecule has 0 fully saturated rings. The van der Waals surface area contributed by atoms with Crippen LogP contribution < -0.4 is 5.32 Å². The summed E-state index contributed by atoms with van der Waals surface area (Å²) in [5.41, 5.74) is 3.53. The fraction of sp³-hybridized carbons (Fsp3) is 0.294. The van der Waals surface area contributed by atoms with Crippen LogP contribution in [0.5, 0.6) is 0 Å². The molecular formula is C17H19BrClN. The number of rotatable bonds is 5. The Morgan fingerprint density at radius 1 is 1.20 bits per heavy atom. The van der Waals surface area contributed by atoms with Crippen LogP contribution in [0, 0.1) is 6.92 Å². The van der Waals surface area contributed by atoms with E-state index in [-0.39, 0.29) is 0 Å². The second-order valence-corrected chi connectivity index (χ2v) is 6.37. The summed E-state index contributed by atoms with van der Waals surface area (Å²) in [7, 11) is 0. The molecule has 106 valence electrons. The molecule has 1 unspecified atom stereocenters. The van der Waals surface area contributed by atoms with Crippen molar-refractivity contribution in [2.24, 2.45) is 0 Å². The van der Waals surface area contributed by atoms with Crippen molar-refractivity contribution in [1.29, 1.82) is 0 Å². The largest absolute Gasteiger partial charge is 0.384 e. The summed E-state index contributed by atoms with van der Waals surface area (Å²) in [6, 6.07) is 14.6. The van der Waals surface area contributed by atoms with E-state index < -0.39 is 0 Å². The summed E-state index contributed by atoms with van der Waals surface area (Å²) in [6.07, 6.45) is 1.09. The minimum atomic E-state index is 0.545. The maximum absolute atomic E-state index is 6.16. The number of hydrogen-bond acceptors (Lipinski definition) is 1. The molecule has 0 aliphatic rings. The van der Waals surface area contributed by atoms with E-state index in [9.17, 15) is 0 Å². The van der Waals surface area contributed by atoms with Crippen LogP contribution in [0.4, 0.5) is 5.69 Å². The first kappa shape index (κ1) is 15.4. The third kappa shape index (κ3) is 4.00. The molecule has 0 heterocycles. The van der Waals surface area contributed by atoms with E-state index in [4.69, 9.17) is 11.6 Å². The standard InChI is InChI=1S/C17H19BrClN/c1-12(14-6-4-3-5-7-14)8-9-20-17-11-16(19)13(2)10-15(17)18/h3-7,10-12,20H,8-9H2,1-2H3. The lowest BCUT2D eigenvalue weighted by Gasteiger charge is -2.14. The van der Waals surface area contributed by atoms with Gasteiger partial charge in [-0.05, 0) is 58.5 Å². The van der Waals surface area contributed by atoms with Crippen LogP contribution in [0.1, 0.15) is 30.4 Å². The Bertz CT molecular complexity index is 569. The highest BCUT2D eigenvalue weighted by atomic mass is 79.9. The van der Waals surface area contributed by atoms with Crippen molar-refractivity contribution < 1.29 is 0 Å². The van der Waals surface area contributed by atoms with Crippen molar-refractivity contribution in [3.63, 3.8) is 0 Å². The van der Waals surface area contributed by atoms with Gasteiger partial charge in [-0.2, -0.15) is 0 Å². The van der Waals surface area contributed by atoms with Gasteiger partial charge in [0.05, 0.1) is 0 Å². The molecule has 0 saturated carbocycles. The zero-order valence-electron chi connectivity index (χ0n) is 11.8. The third-order valence-corrected chi connectivity index (χ3v) is 4.57. The fourth-order valence-corrected chi connectivity index (χ4v) is 2.92. The Morgan fingerprint density at radius 3 is 2.60 bits per heavy atom. The van der Waals surface area contributed by atoms with E-state index in [1.54, 1.807) is 0 Å². The number of benzene rings is 2. The minimum absolute atomic E-state index is 0.545. The molecule has 2 rings (SSSR count). The summed E-state index contributed by atoms with van der Waals surface area (Å²) in [5, 5.41) is 4.25. The molecule has 0 saturated heterocycles. The Balaban J connectivity index is 1.92. The monoisotopic (exact) mass is 351 g/mol. The summed E-state index contributed by atoms with van der Waals surface area (Å²) >= 11 is 9.73. The molecule has 1 atom stereocenters. The highest BCUT2D eigenvalue weighted by molar-refractivity contribution is 9.10. The van der Waals surface area contributed by atoms with Gasteiger partial charge in [-0.3, -0.25) is 0 Å². The summed E-state index contributed by atoms with van der Waals surface area (Å²) in [4.78, 5) is 0. The molecule has 2 aromatic carbocycles. The van der Waals surface area contributed by atoms with Gasteiger partial charge >= 0.3 is 0 Å². The smallest absolute Gasteiger partial charge is 0.0499 e. The van der Waals surface area contributed by atoms with E-state index in [2.05, 4.69) is 58.5 Å². The van der Waals surface area contributed by atoms with Crippen LogP contribution >= 0.6 is 27.5 Å². The Kier molecular flexibility index (Phi) is 5.50. The number of aryl methyl sites for hydroxylation is 1.